The van der Waals surface area contributed by atoms with Crippen molar-refractivity contribution in [3.63, 3.8) is 0 Å². The molecule has 0 bridgehead atoms. The summed E-state index contributed by atoms with van der Waals surface area (Å²) in [5.41, 5.74) is 1.54. The molecule has 20 heavy (non-hydrogen) atoms. The first-order chi connectivity index (χ1) is 9.31. The van der Waals surface area contributed by atoms with Crippen molar-refractivity contribution in [1.82, 2.24) is 15.2 Å². The lowest BCUT2D eigenvalue weighted by atomic mass is 10.1. The van der Waals surface area contributed by atoms with E-state index in [2.05, 4.69) is 15.2 Å². The van der Waals surface area contributed by atoms with Gasteiger partial charge < -0.3 is 9.84 Å². The Labute approximate surface area is 120 Å². The summed E-state index contributed by atoms with van der Waals surface area (Å²) in [6, 6.07) is 0.169. The second kappa shape index (κ2) is 5.83. The van der Waals surface area contributed by atoms with Crippen LogP contribution in [0.3, 0.4) is 0 Å². The third-order valence-electron chi connectivity index (χ3n) is 3.66. The highest BCUT2D eigenvalue weighted by molar-refractivity contribution is 7.90. The molecule has 0 aromatic carbocycles. The Morgan fingerprint density at radius 1 is 1.35 bits per heavy atom. The van der Waals surface area contributed by atoms with Crippen molar-refractivity contribution in [2.24, 2.45) is 0 Å². The van der Waals surface area contributed by atoms with Crippen LogP contribution >= 0.6 is 0 Å². The van der Waals surface area contributed by atoms with Crippen LogP contribution in [0.2, 0.25) is 0 Å². The zero-order valence-corrected chi connectivity index (χ0v) is 13.3. The maximum Gasteiger partial charge on any atom is 0.216 e. The normalized spacial score (nSPS) is 19.0. The molecule has 2 N–H and O–H groups in total. The molecule has 1 fully saturated rings. The van der Waals surface area contributed by atoms with Crippen molar-refractivity contribution in [3.05, 3.63) is 17.0 Å². The fourth-order valence-electron chi connectivity index (χ4n) is 2.26. The van der Waals surface area contributed by atoms with Crippen molar-refractivity contribution in [2.45, 2.75) is 57.9 Å². The summed E-state index contributed by atoms with van der Waals surface area (Å²) in [5, 5.41) is 6.63. The highest BCUT2D eigenvalue weighted by Gasteiger charge is 2.28. The number of nitrogens with one attached hydrogen (secondary N) is 2. The minimum absolute atomic E-state index is 0.338. The van der Waals surface area contributed by atoms with E-state index in [0.29, 0.717) is 18.3 Å². The van der Waals surface area contributed by atoms with Crippen LogP contribution in [0.1, 0.15) is 49.7 Å². The van der Waals surface area contributed by atoms with Crippen molar-refractivity contribution < 1.29 is 12.9 Å². The van der Waals surface area contributed by atoms with Gasteiger partial charge >= 0.3 is 0 Å². The molecule has 0 radical (unpaired) electrons. The first-order valence-electron chi connectivity index (χ1n) is 6.98. The second-order valence-corrected chi connectivity index (χ2v) is 7.75. The molecule has 7 heteroatoms. The van der Waals surface area contributed by atoms with E-state index < -0.39 is 15.3 Å². The van der Waals surface area contributed by atoms with E-state index in [4.69, 9.17) is 4.52 Å². The van der Waals surface area contributed by atoms with E-state index in [-0.39, 0.29) is 6.04 Å². The minimum atomic E-state index is -3.37. The number of hydrogen-bond acceptors (Lipinski definition) is 5. The summed E-state index contributed by atoms with van der Waals surface area (Å²) in [6.45, 7) is 7.62. The van der Waals surface area contributed by atoms with Crippen LogP contribution in [0.15, 0.2) is 4.52 Å². The standard InChI is InChI=1S/C13H23N3O3S/c1-8(7-14-12-5-6-12)20(17,18)16-10(3)13-9(2)15-19-11(13)4/h8,10,12,14,16H,5-7H2,1-4H3. The molecule has 1 saturated carbocycles. The molecule has 1 heterocycles. The van der Waals surface area contributed by atoms with Crippen LogP contribution in [0.5, 0.6) is 0 Å². The molecule has 0 spiro atoms. The lowest BCUT2D eigenvalue weighted by Crippen LogP contribution is -2.40. The fraction of sp³-hybridized carbons (Fsp3) is 0.769. The first kappa shape index (κ1) is 15.5. The summed E-state index contributed by atoms with van der Waals surface area (Å²) >= 11 is 0. The maximum absolute atomic E-state index is 12.3. The Balaban J connectivity index is 1.99. The van der Waals surface area contributed by atoms with Crippen molar-refractivity contribution >= 4 is 10.0 Å². The van der Waals surface area contributed by atoms with Crippen molar-refractivity contribution in [2.75, 3.05) is 6.54 Å². The Hall–Kier alpha value is -0.920. The van der Waals surface area contributed by atoms with Gasteiger partial charge in [0.15, 0.2) is 0 Å². The van der Waals surface area contributed by atoms with Crippen LogP contribution in [0, 0.1) is 13.8 Å². The highest BCUT2D eigenvalue weighted by atomic mass is 32.2. The summed E-state index contributed by atoms with van der Waals surface area (Å²) in [7, 11) is -3.37. The van der Waals surface area contributed by atoms with Gasteiger partial charge in [-0.05, 0) is 40.5 Å². The number of nitrogens with zero attached hydrogens (tertiary/aromatic N) is 1. The van der Waals surface area contributed by atoms with Crippen LogP contribution in [0.4, 0.5) is 0 Å². The van der Waals surface area contributed by atoms with Crippen LogP contribution in [-0.4, -0.2) is 31.4 Å². The van der Waals surface area contributed by atoms with Gasteiger partial charge in [0.1, 0.15) is 5.76 Å². The molecule has 0 saturated heterocycles. The maximum atomic E-state index is 12.3. The van der Waals surface area contributed by atoms with E-state index in [1.165, 1.54) is 0 Å². The van der Waals surface area contributed by atoms with Crippen LogP contribution in [-0.2, 0) is 10.0 Å². The molecule has 1 aliphatic rings. The molecule has 2 unspecified atom stereocenters. The smallest absolute Gasteiger partial charge is 0.216 e. The molecule has 0 aliphatic heterocycles. The third kappa shape index (κ3) is 3.59. The lowest BCUT2D eigenvalue weighted by Gasteiger charge is -2.19. The van der Waals surface area contributed by atoms with E-state index in [0.717, 1.165) is 24.1 Å². The van der Waals surface area contributed by atoms with Gasteiger partial charge in [0.05, 0.1) is 10.9 Å². The van der Waals surface area contributed by atoms with Crippen LogP contribution < -0.4 is 10.0 Å². The predicted octanol–water partition coefficient (Wildman–Crippen LogP) is 1.41. The fourth-order valence-corrected chi connectivity index (χ4v) is 3.42. The Kier molecular flexibility index (Phi) is 4.51. The molecule has 2 rings (SSSR count). The van der Waals surface area contributed by atoms with Gasteiger partial charge in [-0.1, -0.05) is 5.16 Å². The topological polar surface area (TPSA) is 84.2 Å². The number of aromatic nitrogens is 1. The number of rotatable bonds is 7. The Morgan fingerprint density at radius 2 is 2.00 bits per heavy atom. The van der Waals surface area contributed by atoms with Gasteiger partial charge in [0.2, 0.25) is 10.0 Å². The third-order valence-corrected chi connectivity index (χ3v) is 5.57. The zero-order chi connectivity index (χ0) is 14.9. The molecular formula is C13H23N3O3S. The van der Waals surface area contributed by atoms with E-state index in [9.17, 15) is 8.42 Å². The summed E-state index contributed by atoms with van der Waals surface area (Å²) in [6.07, 6.45) is 2.30. The molecule has 0 amide bonds. The van der Waals surface area contributed by atoms with Crippen LogP contribution in [0.25, 0.3) is 0 Å². The van der Waals surface area contributed by atoms with Gasteiger partial charge in [0.25, 0.3) is 0 Å². The first-order valence-corrected chi connectivity index (χ1v) is 8.53. The molecular weight excluding hydrogens is 278 g/mol. The van der Waals surface area contributed by atoms with E-state index in [1.54, 1.807) is 13.8 Å². The molecule has 6 nitrogen and oxygen atoms in total. The summed E-state index contributed by atoms with van der Waals surface area (Å²) in [4.78, 5) is 0. The highest BCUT2D eigenvalue weighted by Crippen LogP contribution is 2.22. The molecule has 114 valence electrons. The van der Waals surface area contributed by atoms with Gasteiger partial charge in [-0.3, -0.25) is 0 Å². The minimum Gasteiger partial charge on any atom is -0.361 e. The Bertz CT molecular complexity index is 544. The predicted molar refractivity (Wildman–Crippen MR) is 76.9 cm³/mol. The Morgan fingerprint density at radius 3 is 2.50 bits per heavy atom. The molecule has 2 atom stereocenters. The quantitative estimate of drug-likeness (QED) is 0.795. The monoisotopic (exact) mass is 301 g/mol. The number of hydrogen-bond donors (Lipinski definition) is 2. The van der Waals surface area contributed by atoms with E-state index in [1.807, 2.05) is 13.8 Å². The van der Waals surface area contributed by atoms with Gasteiger partial charge in [-0.25, -0.2) is 13.1 Å². The largest absolute Gasteiger partial charge is 0.361 e. The molecule has 1 aromatic heterocycles. The average Bonchev–Trinajstić information content (AvgIpc) is 3.11. The zero-order valence-electron chi connectivity index (χ0n) is 12.4. The molecule has 1 aromatic rings. The summed E-state index contributed by atoms with van der Waals surface area (Å²) in [5.74, 6) is 0.654. The number of aryl methyl sites for hydroxylation is 2. The van der Waals surface area contributed by atoms with Gasteiger partial charge in [-0.2, -0.15) is 0 Å². The van der Waals surface area contributed by atoms with Crippen molar-refractivity contribution in [1.29, 1.82) is 0 Å². The summed E-state index contributed by atoms with van der Waals surface area (Å²) < 4.78 is 32.4. The lowest BCUT2D eigenvalue weighted by molar-refractivity contribution is 0.391. The average molecular weight is 301 g/mol. The molecule has 1 aliphatic carbocycles. The van der Waals surface area contributed by atoms with E-state index >= 15 is 0 Å². The van der Waals surface area contributed by atoms with Gasteiger partial charge in [-0.15, -0.1) is 0 Å². The van der Waals surface area contributed by atoms with Gasteiger partial charge in [0, 0.05) is 24.2 Å². The van der Waals surface area contributed by atoms with Crippen molar-refractivity contribution in [3.8, 4) is 0 Å². The second-order valence-electron chi connectivity index (χ2n) is 5.62. The number of sulfonamides is 1. The SMILES string of the molecule is Cc1noc(C)c1C(C)NS(=O)(=O)C(C)CNC1CC1.